The molecule has 7 heteroatoms. The zero-order valence-corrected chi connectivity index (χ0v) is 21.0. The third-order valence-corrected chi connectivity index (χ3v) is 7.76. The largest absolute Gasteiger partial charge is 0.497 e. The lowest BCUT2D eigenvalue weighted by molar-refractivity contribution is 0.415. The van der Waals surface area contributed by atoms with Crippen LogP contribution in [0.5, 0.6) is 5.75 Å². The number of nitrogens with one attached hydrogen (secondary N) is 1. The first-order valence-corrected chi connectivity index (χ1v) is 13.0. The number of hydrogen-bond acceptors (Lipinski definition) is 5. The molecule has 0 bridgehead atoms. The molecule has 5 aromatic rings. The fourth-order valence-corrected chi connectivity index (χ4v) is 5.87. The molecule has 0 spiro atoms. The molecule has 3 aromatic carbocycles. The second kappa shape index (κ2) is 9.24. The number of benzene rings is 3. The van der Waals surface area contributed by atoms with Gasteiger partial charge in [0.2, 0.25) is 5.13 Å². The number of fused-ring (bicyclic) bond motifs is 2. The maximum absolute atomic E-state index is 13.9. The van der Waals surface area contributed by atoms with Crippen molar-refractivity contribution in [1.82, 2.24) is 14.8 Å². The monoisotopic (exact) mass is 494 g/mol. The van der Waals surface area contributed by atoms with Gasteiger partial charge < -0.3 is 4.74 Å². The number of aromatic nitrogens is 3. The van der Waals surface area contributed by atoms with Crippen LogP contribution in [-0.2, 0) is 12.8 Å². The van der Waals surface area contributed by atoms with Gasteiger partial charge in [-0.15, -0.1) is 0 Å². The molecule has 0 saturated heterocycles. The van der Waals surface area contributed by atoms with E-state index in [9.17, 15) is 4.79 Å². The second-order valence-electron chi connectivity index (χ2n) is 8.96. The number of methoxy groups -OCH3 is 1. The maximum Gasteiger partial charge on any atom is 0.283 e. The van der Waals surface area contributed by atoms with Crippen molar-refractivity contribution >= 4 is 27.3 Å². The Labute approximate surface area is 212 Å². The van der Waals surface area contributed by atoms with E-state index in [2.05, 4.69) is 36.3 Å². The Balaban J connectivity index is 1.49. The van der Waals surface area contributed by atoms with Crippen LogP contribution in [0, 0.1) is 0 Å². The minimum absolute atomic E-state index is 0.129. The number of aromatic amines is 1. The number of nitrogens with zero attached hydrogens (tertiary/aromatic N) is 3. The molecular formula is C29H26N4O2S. The van der Waals surface area contributed by atoms with Gasteiger partial charge in [0, 0.05) is 11.3 Å². The second-order valence-corrected chi connectivity index (χ2v) is 9.96. The van der Waals surface area contributed by atoms with Crippen molar-refractivity contribution in [2.75, 3.05) is 7.11 Å². The van der Waals surface area contributed by atoms with Gasteiger partial charge >= 0.3 is 0 Å². The van der Waals surface area contributed by atoms with Crippen molar-refractivity contribution in [3.63, 3.8) is 0 Å². The number of H-pyrrole nitrogens is 1. The summed E-state index contributed by atoms with van der Waals surface area (Å²) in [5, 5.41) is 3.98. The molecule has 6 rings (SSSR count). The van der Waals surface area contributed by atoms with Gasteiger partial charge in [-0.25, -0.2) is 4.98 Å². The standard InChI is InChI=1S/C29H26N4O2S/c1-3-23(30-21-16-19-8-4-5-9-20(19)17-21)26-27(18-12-14-22(35-2)15-13-18)32-33(28(26)34)29-31-24-10-6-7-11-25(24)36-29/h4-15,21,32H,3,16-17H2,1-2H3. The Morgan fingerprint density at radius 3 is 2.42 bits per heavy atom. The number of ether oxygens (including phenoxy) is 1. The van der Waals surface area contributed by atoms with Gasteiger partial charge in [-0.3, -0.25) is 14.9 Å². The molecule has 0 unspecified atom stereocenters. The highest BCUT2D eigenvalue weighted by Crippen LogP contribution is 2.29. The zero-order chi connectivity index (χ0) is 24.6. The molecule has 2 aromatic heterocycles. The van der Waals surface area contributed by atoms with Crippen molar-refractivity contribution in [3.05, 3.63) is 99.8 Å². The fraction of sp³-hybridized carbons (Fsp3) is 0.207. The van der Waals surface area contributed by atoms with Gasteiger partial charge in [0.1, 0.15) is 5.75 Å². The van der Waals surface area contributed by atoms with Crippen LogP contribution in [0.3, 0.4) is 0 Å². The Morgan fingerprint density at radius 1 is 1.06 bits per heavy atom. The van der Waals surface area contributed by atoms with E-state index in [0.29, 0.717) is 17.1 Å². The summed E-state index contributed by atoms with van der Waals surface area (Å²) in [4.78, 5) is 23.8. The lowest BCUT2D eigenvalue weighted by atomic mass is 10.0. The van der Waals surface area contributed by atoms with Crippen LogP contribution in [0.25, 0.3) is 26.6 Å². The first-order chi connectivity index (χ1) is 17.6. The van der Waals surface area contributed by atoms with E-state index in [4.69, 9.17) is 14.7 Å². The summed E-state index contributed by atoms with van der Waals surface area (Å²) in [6.45, 7) is 2.06. The third kappa shape index (κ3) is 3.95. The third-order valence-electron chi connectivity index (χ3n) is 6.73. The quantitative estimate of drug-likeness (QED) is 0.303. The molecule has 2 heterocycles. The van der Waals surface area contributed by atoms with Crippen molar-refractivity contribution in [3.8, 4) is 22.1 Å². The van der Waals surface area contributed by atoms with Crippen LogP contribution in [0.15, 0.2) is 82.6 Å². The van der Waals surface area contributed by atoms with Gasteiger partial charge in [-0.05, 0) is 66.8 Å². The molecule has 1 aliphatic carbocycles. The molecule has 180 valence electrons. The molecule has 36 heavy (non-hydrogen) atoms. The molecule has 0 saturated carbocycles. The summed E-state index contributed by atoms with van der Waals surface area (Å²) in [7, 11) is 1.65. The van der Waals surface area contributed by atoms with E-state index in [1.165, 1.54) is 22.5 Å². The van der Waals surface area contributed by atoms with Gasteiger partial charge in [0.25, 0.3) is 5.56 Å². The van der Waals surface area contributed by atoms with Crippen molar-refractivity contribution < 1.29 is 4.74 Å². The summed E-state index contributed by atoms with van der Waals surface area (Å²) in [6.07, 6.45) is 2.45. The SMILES string of the molecule is CCC(=NC1Cc2ccccc2C1)c1c(-c2ccc(OC)cc2)[nH]n(-c2nc3ccccc3s2)c1=O. The number of hydrogen-bond donors (Lipinski definition) is 1. The number of para-hydroxylation sites is 1. The van der Waals surface area contributed by atoms with E-state index < -0.39 is 0 Å². The Morgan fingerprint density at radius 2 is 1.75 bits per heavy atom. The van der Waals surface area contributed by atoms with Gasteiger partial charge in [0.05, 0.1) is 34.6 Å². The van der Waals surface area contributed by atoms with Gasteiger partial charge in [0.15, 0.2) is 0 Å². The highest BCUT2D eigenvalue weighted by Gasteiger charge is 2.25. The minimum atomic E-state index is -0.129. The molecule has 0 amide bonds. The predicted molar refractivity (Wildman–Crippen MR) is 146 cm³/mol. The zero-order valence-electron chi connectivity index (χ0n) is 20.2. The average molecular weight is 495 g/mol. The summed E-state index contributed by atoms with van der Waals surface area (Å²) in [5.41, 5.74) is 6.51. The smallest absolute Gasteiger partial charge is 0.283 e. The van der Waals surface area contributed by atoms with Gasteiger partial charge in [-0.2, -0.15) is 4.68 Å². The van der Waals surface area contributed by atoms with Crippen LogP contribution in [0.1, 0.15) is 30.0 Å². The molecule has 0 aliphatic heterocycles. The van der Waals surface area contributed by atoms with Crippen LogP contribution in [0.2, 0.25) is 0 Å². The molecule has 0 fully saturated rings. The topological polar surface area (TPSA) is 72.3 Å². The van der Waals surface area contributed by atoms with Crippen LogP contribution in [0.4, 0.5) is 0 Å². The molecule has 0 radical (unpaired) electrons. The lowest BCUT2D eigenvalue weighted by Crippen LogP contribution is -2.21. The Kier molecular flexibility index (Phi) is 5.77. The van der Waals surface area contributed by atoms with Crippen molar-refractivity contribution in [2.45, 2.75) is 32.2 Å². The highest BCUT2D eigenvalue weighted by molar-refractivity contribution is 7.20. The van der Waals surface area contributed by atoms with E-state index in [-0.39, 0.29) is 11.6 Å². The maximum atomic E-state index is 13.9. The fourth-order valence-electron chi connectivity index (χ4n) is 4.94. The van der Waals surface area contributed by atoms with E-state index in [1.807, 2.05) is 48.5 Å². The highest BCUT2D eigenvalue weighted by atomic mass is 32.1. The molecular weight excluding hydrogens is 468 g/mol. The van der Waals surface area contributed by atoms with Crippen molar-refractivity contribution in [1.29, 1.82) is 0 Å². The van der Waals surface area contributed by atoms with Crippen molar-refractivity contribution in [2.24, 2.45) is 4.99 Å². The summed E-state index contributed by atoms with van der Waals surface area (Å²) < 4.78 is 7.95. The summed E-state index contributed by atoms with van der Waals surface area (Å²) in [5.74, 6) is 0.765. The Bertz CT molecular complexity index is 1580. The molecule has 6 nitrogen and oxygen atoms in total. The van der Waals surface area contributed by atoms with Crippen LogP contribution in [-0.4, -0.2) is 33.6 Å². The summed E-state index contributed by atoms with van der Waals surface area (Å²) >= 11 is 1.49. The van der Waals surface area contributed by atoms with Crippen LogP contribution >= 0.6 is 11.3 Å². The normalized spacial score (nSPS) is 13.9. The minimum Gasteiger partial charge on any atom is -0.497 e. The first-order valence-electron chi connectivity index (χ1n) is 12.1. The molecule has 1 N–H and O–H groups in total. The van der Waals surface area contributed by atoms with Gasteiger partial charge in [-0.1, -0.05) is 54.7 Å². The number of rotatable bonds is 6. The summed E-state index contributed by atoms with van der Waals surface area (Å²) in [6, 6.07) is 24.3. The average Bonchev–Trinajstić information content (AvgIpc) is 3.61. The van der Waals surface area contributed by atoms with Crippen LogP contribution < -0.4 is 10.3 Å². The predicted octanol–water partition coefficient (Wildman–Crippen LogP) is 5.82. The van der Waals surface area contributed by atoms with E-state index >= 15 is 0 Å². The Hall–Kier alpha value is -3.97. The van der Waals surface area contributed by atoms with E-state index in [0.717, 1.165) is 45.8 Å². The molecule has 0 atom stereocenters. The van der Waals surface area contributed by atoms with E-state index in [1.54, 1.807) is 11.8 Å². The number of aliphatic imine (C=N–C) groups is 1. The lowest BCUT2D eigenvalue weighted by Gasteiger charge is -2.09. The molecule has 1 aliphatic rings. The number of thiazole rings is 1. The first kappa shape index (κ1) is 22.5.